The highest BCUT2D eigenvalue weighted by Gasteiger charge is 2.18. The second-order valence-corrected chi connectivity index (χ2v) is 3.92. The van der Waals surface area contributed by atoms with Crippen LogP contribution in [0.25, 0.3) is 0 Å². The Hall–Kier alpha value is -1.05. The maximum Gasteiger partial charge on any atom is 0.224 e. The summed E-state index contributed by atoms with van der Waals surface area (Å²) < 4.78 is 0. The van der Waals surface area contributed by atoms with Crippen LogP contribution in [0.4, 0.5) is 0 Å². The van der Waals surface area contributed by atoms with E-state index in [0.717, 1.165) is 25.0 Å². The van der Waals surface area contributed by atoms with E-state index in [9.17, 15) is 4.79 Å². The van der Waals surface area contributed by atoms with Crippen LogP contribution < -0.4 is 5.32 Å². The van der Waals surface area contributed by atoms with Crippen molar-refractivity contribution in [2.45, 2.75) is 32.6 Å². The van der Waals surface area contributed by atoms with Gasteiger partial charge in [0.25, 0.3) is 0 Å². The fourth-order valence-electron chi connectivity index (χ4n) is 1.91. The Bertz CT molecular complexity index is 288. The minimum atomic E-state index is 0.170. The minimum Gasteiger partial charge on any atom is -0.326 e. The smallest absolute Gasteiger partial charge is 0.224 e. The Morgan fingerprint density at radius 3 is 3.15 bits per heavy atom. The van der Waals surface area contributed by atoms with Crippen molar-refractivity contribution in [1.29, 1.82) is 0 Å². The number of amides is 1. The molecule has 0 bridgehead atoms. The third-order valence-electron chi connectivity index (χ3n) is 2.66. The summed E-state index contributed by atoms with van der Waals surface area (Å²) in [5.74, 6) is 0.737. The summed E-state index contributed by atoms with van der Waals surface area (Å²) in [6, 6.07) is 0. The molecule has 0 saturated carbocycles. The molecular weight excluding hydrogens is 162 g/mol. The van der Waals surface area contributed by atoms with Gasteiger partial charge >= 0.3 is 0 Å². The van der Waals surface area contributed by atoms with Crippen LogP contribution in [0.2, 0.25) is 0 Å². The molecule has 1 fully saturated rings. The maximum absolute atomic E-state index is 11.3. The minimum absolute atomic E-state index is 0.170. The van der Waals surface area contributed by atoms with Gasteiger partial charge in [-0.3, -0.25) is 4.79 Å². The molecule has 13 heavy (non-hydrogen) atoms. The summed E-state index contributed by atoms with van der Waals surface area (Å²) >= 11 is 0. The SMILES string of the molecule is CC1C=C2NC(=O)CCCC2=CC1. The number of fused-ring (bicyclic) bond motifs is 1. The van der Waals surface area contributed by atoms with Crippen LogP contribution in [0.1, 0.15) is 32.6 Å². The van der Waals surface area contributed by atoms with Crippen molar-refractivity contribution >= 4 is 5.91 Å². The van der Waals surface area contributed by atoms with Crippen LogP contribution in [0.15, 0.2) is 23.4 Å². The van der Waals surface area contributed by atoms with E-state index >= 15 is 0 Å². The molecule has 1 unspecified atom stereocenters. The fraction of sp³-hybridized carbons (Fsp3) is 0.545. The van der Waals surface area contributed by atoms with Crippen LogP contribution in [0.3, 0.4) is 0 Å². The van der Waals surface area contributed by atoms with Crippen molar-refractivity contribution in [3.8, 4) is 0 Å². The molecule has 1 N–H and O–H groups in total. The highest BCUT2D eigenvalue weighted by Crippen LogP contribution is 2.26. The molecule has 2 rings (SSSR count). The first-order chi connectivity index (χ1) is 6.25. The molecule has 1 atom stereocenters. The van der Waals surface area contributed by atoms with Crippen molar-refractivity contribution in [1.82, 2.24) is 5.32 Å². The lowest BCUT2D eigenvalue weighted by molar-refractivity contribution is -0.120. The second-order valence-electron chi connectivity index (χ2n) is 3.92. The van der Waals surface area contributed by atoms with Crippen LogP contribution in [0.5, 0.6) is 0 Å². The number of allylic oxidation sites excluding steroid dienone is 3. The molecule has 2 heteroatoms. The van der Waals surface area contributed by atoms with E-state index in [-0.39, 0.29) is 5.91 Å². The molecular formula is C11H15NO. The van der Waals surface area contributed by atoms with Crippen molar-refractivity contribution in [2.75, 3.05) is 0 Å². The number of rotatable bonds is 0. The molecule has 0 aromatic heterocycles. The lowest BCUT2D eigenvalue weighted by atomic mass is 9.94. The zero-order chi connectivity index (χ0) is 9.26. The van der Waals surface area contributed by atoms with Gasteiger partial charge < -0.3 is 5.32 Å². The zero-order valence-electron chi connectivity index (χ0n) is 7.97. The van der Waals surface area contributed by atoms with Crippen LogP contribution in [0, 0.1) is 5.92 Å². The van der Waals surface area contributed by atoms with Gasteiger partial charge in [-0.2, -0.15) is 0 Å². The monoisotopic (exact) mass is 177 g/mol. The summed E-state index contributed by atoms with van der Waals surface area (Å²) in [6.07, 6.45) is 8.28. The summed E-state index contributed by atoms with van der Waals surface area (Å²) in [4.78, 5) is 11.3. The van der Waals surface area contributed by atoms with E-state index in [4.69, 9.17) is 0 Å². The van der Waals surface area contributed by atoms with Gasteiger partial charge in [0.2, 0.25) is 5.91 Å². The predicted molar refractivity (Wildman–Crippen MR) is 51.9 cm³/mol. The summed E-state index contributed by atoms with van der Waals surface area (Å²) in [7, 11) is 0. The molecule has 0 aromatic rings. The second kappa shape index (κ2) is 3.36. The van der Waals surface area contributed by atoms with Crippen molar-refractivity contribution in [2.24, 2.45) is 5.92 Å². The van der Waals surface area contributed by atoms with Crippen LogP contribution >= 0.6 is 0 Å². The number of nitrogens with one attached hydrogen (secondary N) is 1. The van der Waals surface area contributed by atoms with Crippen LogP contribution in [-0.4, -0.2) is 5.91 Å². The molecule has 1 amide bonds. The summed E-state index contributed by atoms with van der Waals surface area (Å²) in [5.41, 5.74) is 2.41. The molecule has 2 nitrogen and oxygen atoms in total. The van der Waals surface area contributed by atoms with E-state index in [1.165, 1.54) is 5.57 Å². The van der Waals surface area contributed by atoms with Crippen LogP contribution in [-0.2, 0) is 4.79 Å². The highest BCUT2D eigenvalue weighted by molar-refractivity contribution is 5.79. The molecule has 1 aliphatic heterocycles. The molecule has 1 aliphatic carbocycles. The Morgan fingerprint density at radius 1 is 1.46 bits per heavy atom. The van der Waals surface area contributed by atoms with Crippen molar-refractivity contribution in [3.63, 3.8) is 0 Å². The van der Waals surface area contributed by atoms with Gasteiger partial charge in [-0.15, -0.1) is 0 Å². The Kier molecular flexibility index (Phi) is 2.21. The maximum atomic E-state index is 11.3. The number of hydrogen-bond donors (Lipinski definition) is 1. The first-order valence-corrected chi connectivity index (χ1v) is 4.97. The fourth-order valence-corrected chi connectivity index (χ4v) is 1.91. The normalized spacial score (nSPS) is 28.1. The van der Waals surface area contributed by atoms with Gasteiger partial charge in [0.1, 0.15) is 0 Å². The summed E-state index contributed by atoms with van der Waals surface area (Å²) in [6.45, 7) is 2.18. The Labute approximate surface area is 78.7 Å². The average Bonchev–Trinajstić information content (AvgIpc) is 2.25. The largest absolute Gasteiger partial charge is 0.326 e. The number of carbonyl (C=O) groups is 1. The molecule has 70 valence electrons. The lowest BCUT2D eigenvalue weighted by Gasteiger charge is -2.17. The highest BCUT2D eigenvalue weighted by atomic mass is 16.1. The van der Waals surface area contributed by atoms with E-state index in [1.54, 1.807) is 0 Å². The molecule has 0 aromatic carbocycles. The Morgan fingerprint density at radius 2 is 2.31 bits per heavy atom. The van der Waals surface area contributed by atoms with E-state index in [1.807, 2.05) is 0 Å². The van der Waals surface area contributed by atoms with E-state index in [0.29, 0.717) is 12.3 Å². The average molecular weight is 177 g/mol. The molecule has 1 saturated heterocycles. The Balaban J connectivity index is 2.24. The standard InChI is InChI=1S/C11H15NO/c1-8-5-6-9-3-2-4-11(13)12-10(9)7-8/h6-8H,2-5H2,1H3,(H,12,13). The third kappa shape index (κ3) is 1.82. The zero-order valence-corrected chi connectivity index (χ0v) is 7.97. The lowest BCUT2D eigenvalue weighted by Crippen LogP contribution is -2.22. The van der Waals surface area contributed by atoms with E-state index in [2.05, 4.69) is 24.4 Å². The molecule has 0 spiro atoms. The van der Waals surface area contributed by atoms with Gasteiger partial charge in [-0.25, -0.2) is 0 Å². The first kappa shape index (κ1) is 8.54. The molecule has 1 heterocycles. The predicted octanol–water partition coefficient (Wildman–Crippen LogP) is 2.14. The molecule has 2 aliphatic rings. The van der Waals surface area contributed by atoms with Gasteiger partial charge in [-0.05, 0) is 30.8 Å². The first-order valence-electron chi connectivity index (χ1n) is 4.97. The van der Waals surface area contributed by atoms with Gasteiger partial charge in [-0.1, -0.05) is 19.1 Å². The van der Waals surface area contributed by atoms with Crippen molar-refractivity contribution < 1.29 is 4.79 Å². The third-order valence-corrected chi connectivity index (χ3v) is 2.66. The summed E-state index contributed by atoms with van der Waals surface area (Å²) in [5, 5.41) is 2.97. The number of hydrogen-bond acceptors (Lipinski definition) is 1. The van der Waals surface area contributed by atoms with E-state index < -0.39 is 0 Å². The van der Waals surface area contributed by atoms with Gasteiger partial charge in [0.15, 0.2) is 0 Å². The molecule has 0 radical (unpaired) electrons. The van der Waals surface area contributed by atoms with Gasteiger partial charge in [0.05, 0.1) is 0 Å². The number of carbonyl (C=O) groups excluding carboxylic acids is 1. The topological polar surface area (TPSA) is 29.1 Å². The van der Waals surface area contributed by atoms with Gasteiger partial charge in [0, 0.05) is 12.1 Å². The van der Waals surface area contributed by atoms with Crippen molar-refractivity contribution in [3.05, 3.63) is 23.4 Å². The quantitative estimate of drug-likeness (QED) is 0.603.